The van der Waals surface area contributed by atoms with Crippen molar-refractivity contribution in [1.29, 1.82) is 0 Å². The number of carbonyl (C=O) groups excluding carboxylic acids is 1. The Hall–Kier alpha value is -2.95. The molecule has 0 aliphatic heterocycles. The molecule has 3 aromatic rings. The van der Waals surface area contributed by atoms with E-state index >= 15 is 0 Å². The number of benzene rings is 2. The first-order chi connectivity index (χ1) is 16.8. The fourth-order valence-electron chi connectivity index (χ4n) is 4.67. The van der Waals surface area contributed by atoms with Crippen molar-refractivity contribution in [2.75, 3.05) is 6.54 Å². The zero-order valence-electron chi connectivity index (χ0n) is 22.3. The quantitative estimate of drug-likeness (QED) is 0.305. The Morgan fingerprint density at radius 1 is 1.03 bits per heavy atom. The van der Waals surface area contributed by atoms with Crippen LogP contribution in [0, 0.1) is 18.8 Å². The van der Waals surface area contributed by atoms with Gasteiger partial charge in [-0.15, -0.1) is 0 Å². The Labute approximate surface area is 210 Å². The van der Waals surface area contributed by atoms with Gasteiger partial charge in [-0.25, -0.2) is 4.98 Å². The van der Waals surface area contributed by atoms with E-state index in [0.29, 0.717) is 29.2 Å². The summed E-state index contributed by atoms with van der Waals surface area (Å²) in [6.07, 6.45) is 4.73. The minimum absolute atomic E-state index is 0.0100. The minimum atomic E-state index is -0.338. The Morgan fingerprint density at radius 2 is 1.77 bits per heavy atom. The van der Waals surface area contributed by atoms with E-state index in [2.05, 4.69) is 27.7 Å². The van der Waals surface area contributed by atoms with Gasteiger partial charge >= 0.3 is 0 Å². The van der Waals surface area contributed by atoms with Crippen LogP contribution in [0.4, 0.5) is 0 Å². The van der Waals surface area contributed by atoms with Crippen LogP contribution in [-0.4, -0.2) is 26.9 Å². The molecule has 188 valence electrons. The molecule has 2 aromatic carbocycles. The van der Waals surface area contributed by atoms with Gasteiger partial charge in [0.1, 0.15) is 5.82 Å². The first-order valence-corrected chi connectivity index (χ1v) is 13.2. The molecule has 0 radical (unpaired) electrons. The maximum atomic E-state index is 13.9. The van der Waals surface area contributed by atoms with Gasteiger partial charge in [-0.3, -0.25) is 14.2 Å². The predicted molar refractivity (Wildman–Crippen MR) is 145 cm³/mol. The second-order valence-electron chi connectivity index (χ2n) is 10.1. The average Bonchev–Trinajstić information content (AvgIpc) is 2.84. The molecule has 0 spiro atoms. The molecule has 0 aliphatic rings. The van der Waals surface area contributed by atoms with Crippen LogP contribution in [0.2, 0.25) is 0 Å². The van der Waals surface area contributed by atoms with Gasteiger partial charge in [-0.05, 0) is 68.9 Å². The number of hydrogen-bond acceptors (Lipinski definition) is 3. The molecule has 1 aromatic heterocycles. The second-order valence-corrected chi connectivity index (χ2v) is 10.1. The molecule has 0 fully saturated rings. The maximum Gasteiger partial charge on any atom is 0.266 e. The molecule has 0 aliphatic carbocycles. The lowest BCUT2D eigenvalue weighted by molar-refractivity contribution is -0.138. The largest absolute Gasteiger partial charge is 0.333 e. The van der Waals surface area contributed by atoms with Crippen molar-refractivity contribution >= 4 is 16.8 Å². The number of aryl methyl sites for hydroxylation is 1. The molecular formula is C30H41N3O2. The normalized spacial score (nSPS) is 13.2. The van der Waals surface area contributed by atoms with Gasteiger partial charge in [0.05, 0.1) is 22.6 Å². The molecule has 1 heterocycles. The molecule has 1 amide bonds. The summed E-state index contributed by atoms with van der Waals surface area (Å²) in [5, 5.41) is 0.583. The maximum absolute atomic E-state index is 13.9. The summed E-state index contributed by atoms with van der Waals surface area (Å²) in [7, 11) is 0. The van der Waals surface area contributed by atoms with Crippen molar-refractivity contribution in [2.24, 2.45) is 11.8 Å². The van der Waals surface area contributed by atoms with E-state index in [1.165, 1.54) is 0 Å². The summed E-state index contributed by atoms with van der Waals surface area (Å²) >= 11 is 0. The van der Waals surface area contributed by atoms with Crippen molar-refractivity contribution in [3.05, 3.63) is 70.3 Å². The van der Waals surface area contributed by atoms with E-state index < -0.39 is 0 Å². The number of fused-ring (bicyclic) bond motifs is 1. The summed E-state index contributed by atoms with van der Waals surface area (Å²) in [6.45, 7) is 13.3. The molecule has 2 atom stereocenters. The van der Waals surface area contributed by atoms with Crippen molar-refractivity contribution in [3.63, 3.8) is 0 Å². The summed E-state index contributed by atoms with van der Waals surface area (Å²) in [5.74, 6) is 1.25. The molecule has 0 N–H and O–H groups in total. The number of carbonyl (C=O) groups is 1. The van der Waals surface area contributed by atoms with Gasteiger partial charge in [-0.1, -0.05) is 64.8 Å². The zero-order chi connectivity index (χ0) is 25.5. The predicted octanol–water partition coefficient (Wildman–Crippen LogP) is 6.85. The smallest absolute Gasteiger partial charge is 0.266 e. The van der Waals surface area contributed by atoms with E-state index in [1.54, 1.807) is 4.57 Å². The van der Waals surface area contributed by atoms with Crippen molar-refractivity contribution in [2.45, 2.75) is 79.7 Å². The van der Waals surface area contributed by atoms with Crippen LogP contribution in [-0.2, 0) is 4.79 Å². The van der Waals surface area contributed by atoms with Crippen LogP contribution >= 0.6 is 0 Å². The fraction of sp³-hybridized carbons (Fsp3) is 0.500. The summed E-state index contributed by atoms with van der Waals surface area (Å²) < 4.78 is 1.71. The van der Waals surface area contributed by atoms with E-state index in [0.717, 1.165) is 43.4 Å². The molecule has 2 unspecified atom stereocenters. The van der Waals surface area contributed by atoms with Gasteiger partial charge in [0.15, 0.2) is 0 Å². The highest BCUT2D eigenvalue weighted by Crippen LogP contribution is 2.27. The number of hydrogen-bond donors (Lipinski definition) is 0. The Kier molecular flexibility index (Phi) is 9.25. The number of rotatable bonds is 11. The lowest BCUT2D eigenvalue weighted by Crippen LogP contribution is -2.41. The highest BCUT2D eigenvalue weighted by Gasteiger charge is 2.30. The van der Waals surface area contributed by atoms with Gasteiger partial charge < -0.3 is 4.90 Å². The Balaban J connectivity index is 2.18. The van der Waals surface area contributed by atoms with Gasteiger partial charge in [0.2, 0.25) is 5.91 Å². The molecule has 5 heteroatoms. The standard InChI is InChI=1S/C30H41N3O2/c1-7-9-14-24(8-2)29(34)32(19-18-21(3)4)23(6)28-31-27-17-11-10-16-26(27)30(35)33(28)25-15-12-13-22(5)20-25/h10-13,15-17,20-21,23-24H,7-9,14,18-19H2,1-6H3. The monoisotopic (exact) mass is 475 g/mol. The van der Waals surface area contributed by atoms with Crippen molar-refractivity contribution < 1.29 is 4.79 Å². The SMILES string of the molecule is CCCCC(CC)C(=O)N(CCC(C)C)C(C)c1nc2ccccc2c(=O)n1-c1cccc(C)c1. The zero-order valence-corrected chi connectivity index (χ0v) is 22.3. The van der Waals surface area contributed by atoms with Gasteiger partial charge in [0.25, 0.3) is 5.56 Å². The highest BCUT2D eigenvalue weighted by atomic mass is 16.2. The summed E-state index contributed by atoms with van der Waals surface area (Å²) in [5.41, 5.74) is 2.42. The minimum Gasteiger partial charge on any atom is -0.333 e. The molecule has 3 rings (SSSR count). The fourth-order valence-corrected chi connectivity index (χ4v) is 4.67. The lowest BCUT2D eigenvalue weighted by atomic mass is 9.96. The third-order valence-electron chi connectivity index (χ3n) is 6.88. The number of aromatic nitrogens is 2. The molecule has 35 heavy (non-hydrogen) atoms. The first-order valence-electron chi connectivity index (χ1n) is 13.2. The van der Waals surface area contributed by atoms with Crippen LogP contribution in [0.5, 0.6) is 0 Å². The van der Waals surface area contributed by atoms with Crippen LogP contribution in [0.15, 0.2) is 53.3 Å². The van der Waals surface area contributed by atoms with Gasteiger partial charge in [0, 0.05) is 12.5 Å². The molecule has 0 saturated heterocycles. The first kappa shape index (κ1) is 26.7. The van der Waals surface area contributed by atoms with Crippen LogP contribution in [0.3, 0.4) is 0 Å². The molecule has 0 saturated carbocycles. The Morgan fingerprint density at radius 3 is 2.43 bits per heavy atom. The number of unbranched alkanes of at least 4 members (excludes halogenated alkanes) is 1. The number of amides is 1. The third kappa shape index (κ3) is 6.19. The topological polar surface area (TPSA) is 55.2 Å². The van der Waals surface area contributed by atoms with E-state index in [-0.39, 0.29) is 23.4 Å². The molecule has 0 bridgehead atoms. The van der Waals surface area contributed by atoms with Crippen LogP contribution in [0.1, 0.15) is 84.2 Å². The number of para-hydroxylation sites is 1. The van der Waals surface area contributed by atoms with Crippen LogP contribution in [0.25, 0.3) is 16.6 Å². The van der Waals surface area contributed by atoms with E-state index in [4.69, 9.17) is 4.98 Å². The highest BCUT2D eigenvalue weighted by molar-refractivity contribution is 5.80. The molecule has 5 nitrogen and oxygen atoms in total. The van der Waals surface area contributed by atoms with Gasteiger partial charge in [-0.2, -0.15) is 0 Å². The second kappa shape index (κ2) is 12.1. The van der Waals surface area contributed by atoms with Crippen LogP contribution < -0.4 is 5.56 Å². The van der Waals surface area contributed by atoms with E-state index in [1.807, 2.05) is 67.3 Å². The number of nitrogens with zero attached hydrogens (tertiary/aromatic N) is 3. The summed E-state index contributed by atoms with van der Waals surface area (Å²) in [6, 6.07) is 15.1. The molecular weight excluding hydrogens is 434 g/mol. The third-order valence-corrected chi connectivity index (χ3v) is 6.88. The lowest BCUT2D eigenvalue weighted by Gasteiger charge is -2.34. The van der Waals surface area contributed by atoms with Crippen molar-refractivity contribution in [1.82, 2.24) is 14.5 Å². The Bertz CT molecular complexity index is 1200. The average molecular weight is 476 g/mol. The van der Waals surface area contributed by atoms with Crippen molar-refractivity contribution in [3.8, 4) is 5.69 Å². The van der Waals surface area contributed by atoms with E-state index in [9.17, 15) is 9.59 Å². The summed E-state index contributed by atoms with van der Waals surface area (Å²) in [4.78, 5) is 34.6.